The highest BCUT2D eigenvalue weighted by atomic mass is 35.5. The lowest BCUT2D eigenvalue weighted by Gasteiger charge is -2.06. The van der Waals surface area contributed by atoms with Crippen molar-refractivity contribution in [1.82, 2.24) is 9.97 Å². The number of hydrogen-bond donors (Lipinski definition) is 1. The van der Waals surface area contributed by atoms with Gasteiger partial charge in [-0.1, -0.05) is 36.7 Å². The maximum atomic E-state index is 6.14. The number of benzene rings is 1. The van der Waals surface area contributed by atoms with Gasteiger partial charge in [-0.05, 0) is 12.5 Å². The summed E-state index contributed by atoms with van der Waals surface area (Å²) in [6, 6.07) is 9.34. The van der Waals surface area contributed by atoms with E-state index in [1.165, 1.54) is 0 Å². The summed E-state index contributed by atoms with van der Waals surface area (Å²) >= 11 is 6.14. The molecule has 1 heterocycles. The second-order valence-corrected chi connectivity index (χ2v) is 4.23. The lowest BCUT2D eigenvalue weighted by Crippen LogP contribution is -2.01. The molecule has 0 aliphatic carbocycles. The van der Waals surface area contributed by atoms with Crippen molar-refractivity contribution in [1.29, 1.82) is 0 Å². The largest absolute Gasteiger partial charge is 0.384 e. The number of nitrogens with zero attached hydrogens (tertiary/aromatic N) is 2. The van der Waals surface area contributed by atoms with Gasteiger partial charge in [0.05, 0.1) is 5.69 Å². The van der Waals surface area contributed by atoms with E-state index >= 15 is 0 Å². The zero-order valence-corrected chi connectivity index (χ0v) is 10.4. The molecular formula is C13H14ClN3. The van der Waals surface area contributed by atoms with E-state index in [0.717, 1.165) is 29.9 Å². The quantitative estimate of drug-likeness (QED) is 0.905. The van der Waals surface area contributed by atoms with Gasteiger partial charge in [0.25, 0.3) is 0 Å². The summed E-state index contributed by atoms with van der Waals surface area (Å²) in [6.45, 7) is 2.09. The predicted molar refractivity (Wildman–Crippen MR) is 70.9 cm³/mol. The van der Waals surface area contributed by atoms with E-state index in [4.69, 9.17) is 17.3 Å². The molecule has 1 aromatic heterocycles. The lowest BCUT2D eigenvalue weighted by molar-refractivity contribution is 0.839. The Morgan fingerprint density at radius 2 is 2.00 bits per heavy atom. The minimum absolute atomic E-state index is 0.485. The summed E-state index contributed by atoms with van der Waals surface area (Å²) in [5.74, 6) is 1.25. The monoisotopic (exact) mass is 247 g/mol. The number of nitrogen functional groups attached to an aromatic ring is 1. The molecule has 4 heteroatoms. The highest BCUT2D eigenvalue weighted by molar-refractivity contribution is 6.33. The number of aryl methyl sites for hydroxylation is 1. The van der Waals surface area contributed by atoms with Crippen molar-refractivity contribution in [3.8, 4) is 11.3 Å². The molecule has 0 saturated heterocycles. The molecule has 0 unspecified atom stereocenters. The van der Waals surface area contributed by atoms with Crippen LogP contribution in [0.4, 0.5) is 5.82 Å². The Morgan fingerprint density at radius 1 is 1.24 bits per heavy atom. The van der Waals surface area contributed by atoms with Crippen LogP contribution in [0.5, 0.6) is 0 Å². The van der Waals surface area contributed by atoms with E-state index in [1.807, 2.05) is 24.3 Å². The van der Waals surface area contributed by atoms with Gasteiger partial charge in [-0.2, -0.15) is 0 Å². The van der Waals surface area contributed by atoms with Crippen molar-refractivity contribution >= 4 is 17.4 Å². The predicted octanol–water partition coefficient (Wildman–Crippen LogP) is 3.33. The van der Waals surface area contributed by atoms with E-state index < -0.39 is 0 Å². The van der Waals surface area contributed by atoms with E-state index in [9.17, 15) is 0 Å². The second-order valence-electron chi connectivity index (χ2n) is 3.82. The molecule has 2 rings (SSSR count). The normalized spacial score (nSPS) is 10.5. The SMILES string of the molecule is CCCc1nc(N)cc(-c2ccccc2Cl)n1. The molecule has 0 bridgehead atoms. The first-order valence-electron chi connectivity index (χ1n) is 5.59. The Balaban J connectivity index is 2.48. The molecule has 0 amide bonds. The molecule has 0 aliphatic rings. The van der Waals surface area contributed by atoms with Crippen molar-refractivity contribution in [3.05, 3.63) is 41.2 Å². The molecule has 0 aliphatic heterocycles. The fraction of sp³-hybridized carbons (Fsp3) is 0.231. The average molecular weight is 248 g/mol. The van der Waals surface area contributed by atoms with Crippen molar-refractivity contribution in [2.75, 3.05) is 5.73 Å². The molecule has 0 spiro atoms. The Kier molecular flexibility index (Phi) is 3.59. The van der Waals surface area contributed by atoms with Gasteiger partial charge in [0.2, 0.25) is 0 Å². The number of halogens is 1. The molecule has 1 aromatic carbocycles. The minimum Gasteiger partial charge on any atom is -0.384 e. The Labute approximate surface area is 106 Å². The van der Waals surface area contributed by atoms with Crippen molar-refractivity contribution < 1.29 is 0 Å². The van der Waals surface area contributed by atoms with Gasteiger partial charge in [0.15, 0.2) is 0 Å². The molecule has 17 heavy (non-hydrogen) atoms. The van der Waals surface area contributed by atoms with Gasteiger partial charge in [-0.3, -0.25) is 0 Å². The van der Waals surface area contributed by atoms with Crippen LogP contribution < -0.4 is 5.73 Å². The first-order valence-corrected chi connectivity index (χ1v) is 5.97. The maximum Gasteiger partial charge on any atom is 0.131 e. The Bertz CT molecular complexity index is 526. The summed E-state index contributed by atoms with van der Waals surface area (Å²) in [5.41, 5.74) is 7.46. The minimum atomic E-state index is 0.485. The third-order valence-corrected chi connectivity index (χ3v) is 2.75. The first-order chi connectivity index (χ1) is 8.20. The highest BCUT2D eigenvalue weighted by Crippen LogP contribution is 2.26. The van der Waals surface area contributed by atoms with E-state index in [2.05, 4.69) is 16.9 Å². The summed E-state index contributed by atoms with van der Waals surface area (Å²) < 4.78 is 0. The first kappa shape index (κ1) is 11.9. The molecule has 0 radical (unpaired) electrons. The molecule has 0 atom stereocenters. The molecule has 88 valence electrons. The van der Waals surface area contributed by atoms with Crippen LogP contribution in [0.15, 0.2) is 30.3 Å². The zero-order chi connectivity index (χ0) is 12.3. The number of rotatable bonds is 3. The van der Waals surface area contributed by atoms with Crippen LogP contribution in [-0.2, 0) is 6.42 Å². The van der Waals surface area contributed by atoms with Crippen LogP contribution in [0.25, 0.3) is 11.3 Å². The van der Waals surface area contributed by atoms with Gasteiger partial charge in [0.1, 0.15) is 11.6 Å². The third kappa shape index (κ3) is 2.74. The van der Waals surface area contributed by atoms with Crippen LogP contribution in [0, 0.1) is 0 Å². The van der Waals surface area contributed by atoms with Crippen molar-refractivity contribution in [3.63, 3.8) is 0 Å². The van der Waals surface area contributed by atoms with Crippen LogP contribution in [0.3, 0.4) is 0 Å². The van der Waals surface area contributed by atoms with Crippen molar-refractivity contribution in [2.45, 2.75) is 19.8 Å². The average Bonchev–Trinajstić information content (AvgIpc) is 2.29. The summed E-state index contributed by atoms with van der Waals surface area (Å²) in [4.78, 5) is 8.68. The molecule has 2 aromatic rings. The molecule has 0 fully saturated rings. The number of hydrogen-bond acceptors (Lipinski definition) is 3. The van der Waals surface area contributed by atoms with Crippen LogP contribution in [0.2, 0.25) is 5.02 Å². The third-order valence-electron chi connectivity index (χ3n) is 2.42. The van der Waals surface area contributed by atoms with Crippen LogP contribution >= 0.6 is 11.6 Å². The maximum absolute atomic E-state index is 6.14. The Morgan fingerprint density at radius 3 is 2.71 bits per heavy atom. The molecule has 0 saturated carbocycles. The highest BCUT2D eigenvalue weighted by Gasteiger charge is 2.07. The van der Waals surface area contributed by atoms with E-state index in [-0.39, 0.29) is 0 Å². The summed E-state index contributed by atoms with van der Waals surface area (Å²) in [7, 11) is 0. The molecular weight excluding hydrogens is 234 g/mol. The number of anilines is 1. The zero-order valence-electron chi connectivity index (χ0n) is 9.65. The smallest absolute Gasteiger partial charge is 0.131 e. The van der Waals surface area contributed by atoms with Crippen molar-refractivity contribution in [2.24, 2.45) is 0 Å². The van der Waals surface area contributed by atoms with E-state index in [0.29, 0.717) is 10.8 Å². The topological polar surface area (TPSA) is 51.8 Å². The second kappa shape index (κ2) is 5.15. The van der Waals surface area contributed by atoms with Gasteiger partial charge < -0.3 is 5.73 Å². The van der Waals surface area contributed by atoms with E-state index in [1.54, 1.807) is 6.07 Å². The van der Waals surface area contributed by atoms with Crippen LogP contribution in [-0.4, -0.2) is 9.97 Å². The summed E-state index contributed by atoms with van der Waals surface area (Å²) in [6.07, 6.45) is 1.81. The van der Waals surface area contributed by atoms with Gasteiger partial charge >= 0.3 is 0 Å². The number of nitrogens with two attached hydrogens (primary N) is 1. The lowest BCUT2D eigenvalue weighted by atomic mass is 10.1. The fourth-order valence-electron chi connectivity index (χ4n) is 1.66. The van der Waals surface area contributed by atoms with Gasteiger partial charge in [-0.25, -0.2) is 9.97 Å². The number of aromatic nitrogens is 2. The fourth-order valence-corrected chi connectivity index (χ4v) is 1.89. The standard InChI is InChI=1S/C13H14ClN3/c1-2-5-13-16-11(8-12(15)17-13)9-6-3-4-7-10(9)14/h3-4,6-8H,2,5H2,1H3,(H2,15,16,17). The Hall–Kier alpha value is -1.61. The van der Waals surface area contributed by atoms with Crippen LogP contribution in [0.1, 0.15) is 19.2 Å². The molecule has 2 N–H and O–H groups in total. The van der Waals surface area contributed by atoms with Gasteiger partial charge in [0, 0.05) is 23.1 Å². The molecule has 3 nitrogen and oxygen atoms in total. The summed E-state index contributed by atoms with van der Waals surface area (Å²) in [5, 5.41) is 0.674. The van der Waals surface area contributed by atoms with Gasteiger partial charge in [-0.15, -0.1) is 0 Å².